The highest BCUT2D eigenvalue weighted by Crippen LogP contribution is 2.31. The van der Waals surface area contributed by atoms with E-state index in [1.54, 1.807) is 19.1 Å². The highest BCUT2D eigenvalue weighted by Gasteiger charge is 2.36. The van der Waals surface area contributed by atoms with Crippen LogP contribution in [-0.4, -0.2) is 27.8 Å². The summed E-state index contributed by atoms with van der Waals surface area (Å²) in [6, 6.07) is 13.3. The summed E-state index contributed by atoms with van der Waals surface area (Å²) in [6.07, 6.45) is 0. The molecule has 0 radical (unpaired) electrons. The van der Waals surface area contributed by atoms with Crippen molar-refractivity contribution in [2.24, 2.45) is 15.3 Å². The van der Waals surface area contributed by atoms with Crippen molar-refractivity contribution in [3.63, 3.8) is 0 Å². The van der Waals surface area contributed by atoms with Crippen LogP contribution in [0.2, 0.25) is 0 Å². The smallest absolute Gasteiger partial charge is 0.282 e. The number of benzene rings is 2. The van der Waals surface area contributed by atoms with Gasteiger partial charge in [-0.3, -0.25) is 4.79 Å². The fourth-order valence-corrected chi connectivity index (χ4v) is 3.64. The minimum atomic E-state index is -0.783. The van der Waals surface area contributed by atoms with Gasteiger partial charge in [-0.15, -0.1) is 11.3 Å². The number of aromatic nitrogens is 1. The van der Waals surface area contributed by atoms with Gasteiger partial charge in [-0.2, -0.15) is 20.3 Å². The fraction of sp³-hybridized carbons (Fsp3) is 0.105. The van der Waals surface area contributed by atoms with Crippen molar-refractivity contribution in [1.82, 2.24) is 4.98 Å². The van der Waals surface area contributed by atoms with E-state index in [0.717, 1.165) is 15.7 Å². The van der Waals surface area contributed by atoms with E-state index < -0.39 is 6.04 Å². The van der Waals surface area contributed by atoms with Gasteiger partial charge in [-0.1, -0.05) is 28.1 Å². The summed E-state index contributed by atoms with van der Waals surface area (Å²) in [4.78, 5) is 17.3. The van der Waals surface area contributed by atoms with Gasteiger partial charge in [0.1, 0.15) is 5.75 Å². The van der Waals surface area contributed by atoms with E-state index in [4.69, 9.17) is 0 Å². The Morgan fingerprint density at radius 3 is 2.57 bits per heavy atom. The number of hydrogen-bond donors (Lipinski definition) is 1. The van der Waals surface area contributed by atoms with Crippen molar-refractivity contribution in [2.45, 2.75) is 13.0 Å². The lowest BCUT2D eigenvalue weighted by Gasteiger charge is -2.08. The summed E-state index contributed by atoms with van der Waals surface area (Å²) in [6.45, 7) is 1.74. The van der Waals surface area contributed by atoms with Crippen molar-refractivity contribution in [1.29, 1.82) is 0 Å². The second-order valence-electron chi connectivity index (χ2n) is 6.05. The van der Waals surface area contributed by atoms with Crippen LogP contribution >= 0.6 is 27.3 Å². The van der Waals surface area contributed by atoms with Gasteiger partial charge in [-0.25, -0.2) is 4.98 Å². The average molecular weight is 456 g/mol. The van der Waals surface area contributed by atoms with Crippen molar-refractivity contribution >= 4 is 49.7 Å². The molecule has 28 heavy (non-hydrogen) atoms. The minimum absolute atomic E-state index is 0.144. The van der Waals surface area contributed by atoms with Crippen LogP contribution in [0.1, 0.15) is 6.92 Å². The maximum absolute atomic E-state index is 12.8. The van der Waals surface area contributed by atoms with Crippen LogP contribution in [0.4, 0.5) is 10.8 Å². The summed E-state index contributed by atoms with van der Waals surface area (Å²) in [5.41, 5.74) is 2.83. The number of carbonyl (C=O) groups excluding carboxylic acids is 1. The van der Waals surface area contributed by atoms with Crippen LogP contribution in [0.25, 0.3) is 11.3 Å². The van der Waals surface area contributed by atoms with Gasteiger partial charge in [0.2, 0.25) is 5.13 Å². The predicted molar refractivity (Wildman–Crippen MR) is 112 cm³/mol. The molecule has 2 heterocycles. The molecule has 4 rings (SSSR count). The number of anilines is 1. The summed E-state index contributed by atoms with van der Waals surface area (Å²) >= 11 is 4.76. The van der Waals surface area contributed by atoms with Crippen LogP contribution < -0.4 is 5.01 Å². The highest BCUT2D eigenvalue weighted by molar-refractivity contribution is 9.10. The molecular weight excluding hydrogens is 442 g/mol. The average Bonchev–Trinajstić information content (AvgIpc) is 3.27. The Hall–Kier alpha value is -2.91. The number of phenols is 1. The lowest BCUT2D eigenvalue weighted by Crippen LogP contribution is -2.29. The van der Waals surface area contributed by atoms with Gasteiger partial charge in [0.15, 0.2) is 6.04 Å². The Balaban J connectivity index is 1.53. The van der Waals surface area contributed by atoms with Gasteiger partial charge in [0.05, 0.1) is 17.1 Å². The van der Waals surface area contributed by atoms with Crippen LogP contribution in [0.5, 0.6) is 5.75 Å². The van der Waals surface area contributed by atoms with Crippen LogP contribution in [0.3, 0.4) is 0 Å². The standard InChI is InChI=1S/C19H14BrN5O2S/c1-11-17(23-22-14-6-8-15(26)9-7-14)18(27)25(24-11)19-21-16(10-28-19)12-2-4-13(20)5-3-12/h2-10,17,26H,1H3/t17-/m1/s1. The molecule has 0 aliphatic carbocycles. The van der Waals surface area contributed by atoms with E-state index in [-0.39, 0.29) is 11.7 Å². The molecule has 140 valence electrons. The van der Waals surface area contributed by atoms with E-state index in [0.29, 0.717) is 16.5 Å². The number of hydrazone groups is 1. The maximum atomic E-state index is 12.8. The summed E-state index contributed by atoms with van der Waals surface area (Å²) < 4.78 is 0.989. The molecule has 0 fully saturated rings. The molecule has 7 nitrogen and oxygen atoms in total. The molecule has 1 aliphatic rings. The molecule has 1 atom stereocenters. The number of aromatic hydroxyl groups is 1. The molecule has 1 aromatic heterocycles. The second kappa shape index (κ2) is 7.61. The number of amides is 1. The Kier molecular flexibility index (Phi) is 5.01. The third-order valence-electron chi connectivity index (χ3n) is 4.05. The number of rotatable bonds is 4. The first-order chi connectivity index (χ1) is 13.5. The molecule has 9 heteroatoms. The van der Waals surface area contributed by atoms with Crippen molar-refractivity contribution in [3.8, 4) is 17.0 Å². The van der Waals surface area contributed by atoms with E-state index in [1.165, 1.54) is 28.5 Å². The Labute approximate surface area is 173 Å². The van der Waals surface area contributed by atoms with Crippen molar-refractivity contribution in [3.05, 3.63) is 58.4 Å². The SMILES string of the molecule is CC1=NN(c2nc(-c3ccc(Br)cc3)cs2)C(=O)[C@@H]1N=Nc1ccc(O)cc1. The third-order valence-corrected chi connectivity index (χ3v) is 5.39. The van der Waals surface area contributed by atoms with Crippen molar-refractivity contribution in [2.75, 3.05) is 5.01 Å². The predicted octanol–water partition coefficient (Wildman–Crippen LogP) is 5.15. The third kappa shape index (κ3) is 3.71. The largest absolute Gasteiger partial charge is 0.508 e. The van der Waals surface area contributed by atoms with Crippen LogP contribution in [0.15, 0.2) is 73.7 Å². The number of carbonyl (C=O) groups is 1. The minimum Gasteiger partial charge on any atom is -0.508 e. The van der Waals surface area contributed by atoms with E-state index in [1.807, 2.05) is 29.6 Å². The number of nitrogens with zero attached hydrogens (tertiary/aromatic N) is 5. The molecule has 0 saturated heterocycles. The van der Waals surface area contributed by atoms with Crippen LogP contribution in [0, 0.1) is 0 Å². The zero-order valence-electron chi connectivity index (χ0n) is 14.7. The Morgan fingerprint density at radius 2 is 1.86 bits per heavy atom. The molecule has 2 aromatic carbocycles. The molecular formula is C19H14BrN5O2S. The first kappa shape index (κ1) is 18.5. The molecule has 1 aliphatic heterocycles. The van der Waals surface area contributed by atoms with Gasteiger partial charge in [0, 0.05) is 15.4 Å². The molecule has 3 aromatic rings. The maximum Gasteiger partial charge on any atom is 0.282 e. The summed E-state index contributed by atoms with van der Waals surface area (Å²) in [5.74, 6) is -0.151. The number of azo groups is 1. The quantitative estimate of drug-likeness (QED) is 0.551. The van der Waals surface area contributed by atoms with Crippen molar-refractivity contribution < 1.29 is 9.90 Å². The van der Waals surface area contributed by atoms with E-state index in [2.05, 4.69) is 36.2 Å². The first-order valence-corrected chi connectivity index (χ1v) is 9.99. The lowest BCUT2D eigenvalue weighted by molar-refractivity contribution is -0.117. The zero-order chi connectivity index (χ0) is 19.7. The van der Waals surface area contributed by atoms with Gasteiger partial charge >= 0.3 is 0 Å². The number of hydrogen-bond acceptors (Lipinski definition) is 7. The number of thiazole rings is 1. The topological polar surface area (TPSA) is 90.5 Å². The molecule has 0 unspecified atom stereocenters. The Morgan fingerprint density at radius 1 is 1.14 bits per heavy atom. The normalized spacial score (nSPS) is 16.8. The summed E-state index contributed by atoms with van der Waals surface area (Å²) in [7, 11) is 0. The first-order valence-electron chi connectivity index (χ1n) is 8.32. The molecule has 1 amide bonds. The monoisotopic (exact) mass is 455 g/mol. The van der Waals surface area contributed by atoms with E-state index >= 15 is 0 Å². The molecule has 0 spiro atoms. The molecule has 0 saturated carbocycles. The highest BCUT2D eigenvalue weighted by atomic mass is 79.9. The number of halogens is 1. The van der Waals surface area contributed by atoms with E-state index in [9.17, 15) is 9.90 Å². The van der Waals surface area contributed by atoms with Crippen LogP contribution in [-0.2, 0) is 4.79 Å². The fourth-order valence-electron chi connectivity index (χ4n) is 2.58. The van der Waals surface area contributed by atoms with Gasteiger partial charge in [0.25, 0.3) is 5.91 Å². The van der Waals surface area contributed by atoms with Gasteiger partial charge < -0.3 is 5.11 Å². The van der Waals surface area contributed by atoms with Gasteiger partial charge in [-0.05, 0) is 43.3 Å². The zero-order valence-corrected chi connectivity index (χ0v) is 17.1. The second-order valence-corrected chi connectivity index (χ2v) is 7.80. The lowest BCUT2D eigenvalue weighted by atomic mass is 10.2. The summed E-state index contributed by atoms with van der Waals surface area (Å²) in [5, 5.41) is 25.5. The number of phenolic OH excluding ortho intramolecular Hbond substituents is 1. The molecule has 0 bridgehead atoms. The Bertz CT molecular complexity index is 1080. The molecule has 1 N–H and O–H groups in total.